The Balaban J connectivity index is 1.29. The third-order valence-corrected chi connectivity index (χ3v) is 7.08. The highest BCUT2D eigenvalue weighted by Crippen LogP contribution is 2.36. The second-order valence-electron chi connectivity index (χ2n) is 9.15. The fraction of sp³-hybridized carbons (Fsp3) is 0.480. The van der Waals surface area contributed by atoms with Gasteiger partial charge in [0.1, 0.15) is 19.3 Å². The maximum absolute atomic E-state index is 14.6. The fourth-order valence-corrected chi connectivity index (χ4v) is 4.89. The molecule has 1 amide bonds. The summed E-state index contributed by atoms with van der Waals surface area (Å²) in [4.78, 5) is 17.5. The molecule has 7 nitrogen and oxygen atoms in total. The van der Waals surface area contributed by atoms with Gasteiger partial charge in [-0.25, -0.2) is 4.39 Å². The molecule has 0 unspecified atom stereocenters. The normalized spacial score (nSPS) is 21.6. The number of carbonyl (C=O) groups excluding carboxylic acids is 1. The number of hydrogen-bond acceptors (Lipinski definition) is 6. The summed E-state index contributed by atoms with van der Waals surface area (Å²) in [6, 6.07) is 9.90. The minimum absolute atomic E-state index is 0.0683. The predicted molar refractivity (Wildman–Crippen MR) is 127 cm³/mol. The van der Waals surface area contributed by atoms with Crippen LogP contribution in [-0.2, 0) is 4.79 Å². The predicted octanol–water partition coefficient (Wildman–Crippen LogP) is 3.00. The molecule has 3 heterocycles. The molecule has 2 aromatic carbocycles. The number of halogens is 2. The van der Waals surface area contributed by atoms with Gasteiger partial charge in [0.15, 0.2) is 17.3 Å². The minimum Gasteiger partial charge on any atom is -0.486 e. The standard InChI is InChI=1S/C25H29ClFN3O4/c26-18-2-4-19(5-3-18)30-9-6-16(14-30)25(32)28-21(15-29-7-1-8-29)23(31)17-12-20(27)24-22(13-17)33-10-11-34-24/h2-5,12-13,16,21,23,31H,1,6-11,14-15H2,(H,28,32)/t16-,21+,23+/m0/s1. The Labute approximate surface area is 203 Å². The van der Waals surface area contributed by atoms with E-state index >= 15 is 0 Å². The lowest BCUT2D eigenvalue weighted by Crippen LogP contribution is -2.52. The van der Waals surface area contributed by atoms with Crippen LogP contribution in [0.15, 0.2) is 36.4 Å². The number of ether oxygens (including phenoxy) is 2. The smallest absolute Gasteiger partial charge is 0.225 e. The Morgan fingerprint density at radius 1 is 1.18 bits per heavy atom. The van der Waals surface area contributed by atoms with E-state index in [1.54, 1.807) is 6.07 Å². The van der Waals surface area contributed by atoms with E-state index in [9.17, 15) is 14.3 Å². The quantitative estimate of drug-likeness (QED) is 0.623. The fourth-order valence-electron chi connectivity index (χ4n) is 4.76. The van der Waals surface area contributed by atoms with Crippen molar-refractivity contribution in [1.82, 2.24) is 10.2 Å². The SMILES string of the molecule is O=C(N[C@H](CN1CCC1)[C@H](O)c1cc(F)c2c(c1)OCCO2)[C@H]1CCN(c2ccc(Cl)cc2)C1. The van der Waals surface area contributed by atoms with Crippen LogP contribution in [0.2, 0.25) is 5.02 Å². The van der Waals surface area contributed by atoms with Gasteiger partial charge in [0.2, 0.25) is 5.91 Å². The summed E-state index contributed by atoms with van der Waals surface area (Å²) in [5.74, 6) is -0.519. The van der Waals surface area contributed by atoms with Crippen LogP contribution in [0.1, 0.15) is 24.5 Å². The third kappa shape index (κ3) is 4.94. The maximum atomic E-state index is 14.6. The Kier molecular flexibility index (Phi) is 6.81. The molecule has 2 N–H and O–H groups in total. The molecule has 3 aliphatic rings. The maximum Gasteiger partial charge on any atom is 0.225 e. The average molecular weight is 490 g/mol. The summed E-state index contributed by atoms with van der Waals surface area (Å²) in [5.41, 5.74) is 1.39. The van der Waals surface area contributed by atoms with Gasteiger partial charge in [-0.05, 0) is 67.9 Å². The summed E-state index contributed by atoms with van der Waals surface area (Å²) < 4.78 is 25.5. The number of likely N-dealkylation sites (tertiary alicyclic amines) is 1. The molecule has 0 aliphatic carbocycles. The molecule has 0 aromatic heterocycles. The molecule has 0 spiro atoms. The van der Waals surface area contributed by atoms with Crippen molar-refractivity contribution < 1.29 is 23.8 Å². The van der Waals surface area contributed by atoms with Gasteiger partial charge < -0.3 is 29.7 Å². The van der Waals surface area contributed by atoms with E-state index in [1.807, 2.05) is 24.3 Å². The van der Waals surface area contributed by atoms with Gasteiger partial charge >= 0.3 is 0 Å². The van der Waals surface area contributed by atoms with E-state index in [0.29, 0.717) is 30.3 Å². The molecule has 0 radical (unpaired) electrons. The molecule has 2 fully saturated rings. The van der Waals surface area contributed by atoms with E-state index in [2.05, 4.69) is 15.1 Å². The number of fused-ring (bicyclic) bond motifs is 1. The van der Waals surface area contributed by atoms with E-state index in [1.165, 1.54) is 6.07 Å². The summed E-state index contributed by atoms with van der Waals surface area (Å²) in [7, 11) is 0. The van der Waals surface area contributed by atoms with E-state index < -0.39 is 18.0 Å². The van der Waals surface area contributed by atoms with Crippen LogP contribution in [0.25, 0.3) is 0 Å². The summed E-state index contributed by atoms with van der Waals surface area (Å²) in [5, 5.41) is 14.9. The number of hydrogen-bond donors (Lipinski definition) is 2. The molecule has 2 aromatic rings. The van der Waals surface area contributed by atoms with Crippen molar-refractivity contribution in [2.75, 3.05) is 50.8 Å². The summed E-state index contributed by atoms with van der Waals surface area (Å²) >= 11 is 5.99. The van der Waals surface area contributed by atoms with Crippen molar-refractivity contribution in [2.45, 2.75) is 25.0 Å². The van der Waals surface area contributed by atoms with Gasteiger partial charge in [-0.15, -0.1) is 0 Å². The number of aliphatic hydroxyl groups is 1. The van der Waals surface area contributed by atoms with Crippen LogP contribution < -0.4 is 19.7 Å². The van der Waals surface area contributed by atoms with Crippen LogP contribution in [0, 0.1) is 11.7 Å². The first-order valence-corrected chi connectivity index (χ1v) is 12.2. The van der Waals surface area contributed by atoms with Crippen LogP contribution in [0.5, 0.6) is 11.5 Å². The second-order valence-corrected chi connectivity index (χ2v) is 9.59. The van der Waals surface area contributed by atoms with Crippen LogP contribution in [0.3, 0.4) is 0 Å². The molecule has 0 bridgehead atoms. The lowest BCUT2D eigenvalue weighted by Gasteiger charge is -2.36. The molecule has 3 aliphatic heterocycles. The molecule has 5 rings (SSSR count). The number of rotatable bonds is 7. The summed E-state index contributed by atoms with van der Waals surface area (Å²) in [6.45, 7) is 4.31. The molecular weight excluding hydrogens is 461 g/mol. The molecular formula is C25H29ClFN3O4. The topological polar surface area (TPSA) is 74.3 Å². The van der Waals surface area contributed by atoms with Crippen molar-refractivity contribution in [3.63, 3.8) is 0 Å². The zero-order valence-corrected chi connectivity index (χ0v) is 19.6. The zero-order chi connectivity index (χ0) is 23.7. The highest BCUT2D eigenvalue weighted by Gasteiger charge is 2.34. The molecule has 182 valence electrons. The molecule has 0 saturated carbocycles. The largest absolute Gasteiger partial charge is 0.486 e. The first-order valence-electron chi connectivity index (χ1n) is 11.8. The molecule has 3 atom stereocenters. The lowest BCUT2D eigenvalue weighted by atomic mass is 9.98. The number of carbonyl (C=O) groups is 1. The van der Waals surface area contributed by atoms with E-state index in [0.717, 1.165) is 38.2 Å². The number of aliphatic hydroxyl groups excluding tert-OH is 1. The van der Waals surface area contributed by atoms with Gasteiger partial charge in [0, 0.05) is 30.3 Å². The van der Waals surface area contributed by atoms with Crippen molar-refractivity contribution in [3.05, 3.63) is 52.8 Å². The lowest BCUT2D eigenvalue weighted by molar-refractivity contribution is -0.126. The Hall–Kier alpha value is -2.55. The Bertz CT molecular complexity index is 1030. The number of benzene rings is 2. The van der Waals surface area contributed by atoms with E-state index in [-0.39, 0.29) is 29.9 Å². The highest BCUT2D eigenvalue weighted by atomic mass is 35.5. The van der Waals surface area contributed by atoms with Gasteiger partial charge in [0.05, 0.1) is 12.0 Å². The third-order valence-electron chi connectivity index (χ3n) is 6.82. The van der Waals surface area contributed by atoms with Gasteiger partial charge in [-0.1, -0.05) is 11.6 Å². The van der Waals surface area contributed by atoms with Crippen LogP contribution in [-0.4, -0.2) is 67.9 Å². The van der Waals surface area contributed by atoms with Crippen molar-refractivity contribution >= 4 is 23.2 Å². The van der Waals surface area contributed by atoms with Crippen molar-refractivity contribution in [1.29, 1.82) is 0 Å². The molecule has 9 heteroatoms. The van der Waals surface area contributed by atoms with Crippen molar-refractivity contribution in [3.8, 4) is 11.5 Å². The molecule has 2 saturated heterocycles. The van der Waals surface area contributed by atoms with Gasteiger partial charge in [-0.2, -0.15) is 0 Å². The number of nitrogens with zero attached hydrogens (tertiary/aromatic N) is 2. The van der Waals surface area contributed by atoms with E-state index in [4.69, 9.17) is 21.1 Å². The first kappa shape index (κ1) is 23.2. The number of nitrogens with one attached hydrogen (secondary N) is 1. The average Bonchev–Trinajstić information content (AvgIpc) is 3.31. The van der Waals surface area contributed by atoms with Crippen molar-refractivity contribution in [2.24, 2.45) is 5.92 Å². The first-order chi connectivity index (χ1) is 16.5. The minimum atomic E-state index is -1.08. The van der Waals surface area contributed by atoms with Crippen LogP contribution >= 0.6 is 11.6 Å². The second kappa shape index (κ2) is 9.98. The summed E-state index contributed by atoms with van der Waals surface area (Å²) in [6.07, 6.45) is 0.733. The Morgan fingerprint density at radius 2 is 1.94 bits per heavy atom. The van der Waals surface area contributed by atoms with Gasteiger partial charge in [0.25, 0.3) is 0 Å². The Morgan fingerprint density at radius 3 is 2.68 bits per heavy atom. The zero-order valence-electron chi connectivity index (χ0n) is 18.9. The van der Waals surface area contributed by atoms with Gasteiger partial charge in [-0.3, -0.25) is 4.79 Å². The number of anilines is 1. The number of amides is 1. The monoisotopic (exact) mass is 489 g/mol. The highest BCUT2D eigenvalue weighted by molar-refractivity contribution is 6.30. The molecule has 34 heavy (non-hydrogen) atoms. The van der Waals surface area contributed by atoms with Crippen LogP contribution in [0.4, 0.5) is 10.1 Å².